The summed E-state index contributed by atoms with van der Waals surface area (Å²) in [6, 6.07) is 0. The third kappa shape index (κ3) is 7.07. The van der Waals surface area contributed by atoms with Gasteiger partial charge in [0.15, 0.2) is 0 Å². The molecule has 0 atom stereocenters. The molecule has 0 aliphatic rings. The molecule has 0 radical (unpaired) electrons. The van der Waals surface area contributed by atoms with Gasteiger partial charge in [-0.15, -0.1) is 0 Å². The highest BCUT2D eigenvalue weighted by atomic mass is 32.1. The summed E-state index contributed by atoms with van der Waals surface area (Å²) in [7, 11) is 0. The van der Waals surface area contributed by atoms with Crippen LogP contribution in [-0.2, 0) is 13.1 Å². The Bertz CT molecular complexity index is 299. The molecule has 0 saturated carbocycles. The second-order valence-electron chi connectivity index (χ2n) is 4.88. The maximum Gasteiger partial charge on any atom is 0.243 e. The van der Waals surface area contributed by atoms with E-state index in [9.17, 15) is 0 Å². The fraction of sp³-hybridized carbons (Fsp3) is 0.786. The molecule has 0 unspecified atom stereocenters. The van der Waals surface area contributed by atoms with Crippen molar-refractivity contribution in [1.29, 1.82) is 0 Å². The van der Waals surface area contributed by atoms with E-state index in [1.165, 1.54) is 44.9 Å². The van der Waals surface area contributed by atoms with E-state index in [2.05, 4.69) is 40.5 Å². The SMILES string of the molecule is NCCCCCCCCC[n+]1ccn(CCS)c1. The zero-order chi connectivity index (χ0) is 13.1. The molecule has 1 heterocycles. The number of imidazole rings is 1. The Morgan fingerprint density at radius 3 is 2.33 bits per heavy atom. The fourth-order valence-corrected chi connectivity index (χ4v) is 2.37. The van der Waals surface area contributed by atoms with Crippen LogP contribution in [0.2, 0.25) is 0 Å². The van der Waals surface area contributed by atoms with Crippen molar-refractivity contribution in [2.45, 2.75) is 58.0 Å². The molecule has 18 heavy (non-hydrogen) atoms. The van der Waals surface area contributed by atoms with Gasteiger partial charge in [-0.05, 0) is 25.8 Å². The van der Waals surface area contributed by atoms with Gasteiger partial charge in [0.2, 0.25) is 6.33 Å². The maximum atomic E-state index is 5.47. The number of rotatable bonds is 11. The number of aromatic nitrogens is 2. The van der Waals surface area contributed by atoms with Gasteiger partial charge in [0, 0.05) is 5.75 Å². The molecule has 2 N–H and O–H groups in total. The summed E-state index contributed by atoms with van der Waals surface area (Å²) in [6.45, 7) is 2.99. The van der Waals surface area contributed by atoms with Crippen LogP contribution in [0.1, 0.15) is 44.9 Å². The molecule has 0 spiro atoms. The van der Waals surface area contributed by atoms with Gasteiger partial charge in [-0.2, -0.15) is 12.6 Å². The zero-order valence-corrected chi connectivity index (χ0v) is 12.3. The number of aryl methyl sites for hydroxylation is 2. The summed E-state index contributed by atoms with van der Waals surface area (Å²) in [5.41, 5.74) is 5.47. The van der Waals surface area contributed by atoms with Crippen molar-refractivity contribution in [2.75, 3.05) is 12.3 Å². The van der Waals surface area contributed by atoms with E-state index in [1.54, 1.807) is 0 Å². The predicted octanol–water partition coefficient (Wildman–Crippen LogP) is 2.39. The molecule has 1 aromatic rings. The predicted molar refractivity (Wildman–Crippen MR) is 79.9 cm³/mol. The first-order valence-corrected chi connectivity index (χ1v) is 7.86. The molecular formula is C14H28N3S+. The number of nitrogens with zero attached hydrogens (tertiary/aromatic N) is 2. The number of thiol groups is 1. The highest BCUT2D eigenvalue weighted by Gasteiger charge is 2.02. The van der Waals surface area contributed by atoms with Gasteiger partial charge in [-0.25, -0.2) is 9.13 Å². The van der Waals surface area contributed by atoms with Crippen LogP contribution in [0.25, 0.3) is 0 Å². The molecule has 0 amide bonds. The van der Waals surface area contributed by atoms with Crippen LogP contribution in [0.3, 0.4) is 0 Å². The van der Waals surface area contributed by atoms with Crippen LogP contribution in [0.5, 0.6) is 0 Å². The van der Waals surface area contributed by atoms with Crippen LogP contribution >= 0.6 is 12.6 Å². The second kappa shape index (κ2) is 10.4. The van der Waals surface area contributed by atoms with Gasteiger partial charge < -0.3 is 5.73 Å². The highest BCUT2D eigenvalue weighted by Crippen LogP contribution is 2.06. The molecule has 1 rings (SSSR count). The normalized spacial score (nSPS) is 11.0. The van der Waals surface area contributed by atoms with Crippen LogP contribution in [0.4, 0.5) is 0 Å². The molecule has 3 nitrogen and oxygen atoms in total. The summed E-state index contributed by atoms with van der Waals surface area (Å²) in [4.78, 5) is 0. The summed E-state index contributed by atoms with van der Waals surface area (Å²) in [5.74, 6) is 0.900. The van der Waals surface area contributed by atoms with E-state index in [-0.39, 0.29) is 0 Å². The van der Waals surface area contributed by atoms with Gasteiger partial charge in [-0.3, -0.25) is 0 Å². The standard InChI is InChI=1S/C14H27N3S/c15-8-6-4-2-1-3-5-7-9-16-10-11-17(14-16)12-13-18/h10-11,14H,1-9,12-13,15H2/p+1. The third-order valence-corrected chi connectivity index (χ3v) is 3.42. The van der Waals surface area contributed by atoms with Crippen molar-refractivity contribution in [3.8, 4) is 0 Å². The number of nitrogens with two attached hydrogens (primary N) is 1. The first-order valence-electron chi connectivity index (χ1n) is 7.22. The third-order valence-electron chi connectivity index (χ3n) is 3.22. The largest absolute Gasteiger partial charge is 0.330 e. The first-order chi connectivity index (χ1) is 8.86. The van der Waals surface area contributed by atoms with Crippen LogP contribution < -0.4 is 10.3 Å². The van der Waals surface area contributed by atoms with Gasteiger partial charge in [0.25, 0.3) is 0 Å². The van der Waals surface area contributed by atoms with Crippen LogP contribution in [-0.4, -0.2) is 16.9 Å². The van der Waals surface area contributed by atoms with Gasteiger partial charge in [-0.1, -0.05) is 25.7 Å². The lowest BCUT2D eigenvalue weighted by Crippen LogP contribution is -2.30. The van der Waals surface area contributed by atoms with E-state index in [4.69, 9.17) is 5.73 Å². The Hall–Kier alpha value is -0.480. The lowest BCUT2D eigenvalue weighted by atomic mass is 10.1. The fourth-order valence-electron chi connectivity index (χ4n) is 2.14. The minimum atomic E-state index is 0.847. The van der Waals surface area contributed by atoms with Crippen molar-refractivity contribution < 1.29 is 4.57 Å². The first kappa shape index (κ1) is 15.6. The quantitative estimate of drug-likeness (QED) is 0.361. The molecule has 0 aromatic carbocycles. The summed E-state index contributed by atoms with van der Waals surface area (Å²) < 4.78 is 4.47. The van der Waals surface area contributed by atoms with E-state index in [0.29, 0.717) is 0 Å². The van der Waals surface area contributed by atoms with Crippen LogP contribution in [0, 0.1) is 0 Å². The molecule has 0 saturated heterocycles. The molecule has 0 fully saturated rings. The van der Waals surface area contributed by atoms with Gasteiger partial charge in [0.05, 0.1) is 13.1 Å². The van der Waals surface area contributed by atoms with Gasteiger partial charge in [0.1, 0.15) is 12.4 Å². The molecular weight excluding hydrogens is 242 g/mol. The minimum absolute atomic E-state index is 0.847. The Morgan fingerprint density at radius 2 is 1.67 bits per heavy atom. The Morgan fingerprint density at radius 1 is 1.00 bits per heavy atom. The molecule has 0 aliphatic heterocycles. The van der Waals surface area contributed by atoms with E-state index in [1.807, 2.05) is 0 Å². The Kier molecular flexibility index (Phi) is 9.04. The minimum Gasteiger partial charge on any atom is -0.330 e. The number of hydrogen-bond acceptors (Lipinski definition) is 2. The van der Waals surface area contributed by atoms with Crippen molar-refractivity contribution in [3.63, 3.8) is 0 Å². The summed E-state index contributed by atoms with van der Waals surface area (Å²) >= 11 is 4.24. The van der Waals surface area contributed by atoms with Crippen molar-refractivity contribution in [2.24, 2.45) is 5.73 Å². The Balaban J connectivity index is 1.96. The average molecular weight is 270 g/mol. The molecule has 1 aromatic heterocycles. The smallest absolute Gasteiger partial charge is 0.243 e. The molecule has 4 heteroatoms. The zero-order valence-electron chi connectivity index (χ0n) is 11.4. The van der Waals surface area contributed by atoms with Crippen molar-refractivity contribution in [3.05, 3.63) is 18.7 Å². The topological polar surface area (TPSA) is 34.8 Å². The highest BCUT2D eigenvalue weighted by molar-refractivity contribution is 7.80. The second-order valence-corrected chi connectivity index (χ2v) is 5.32. The van der Waals surface area contributed by atoms with E-state index < -0.39 is 0 Å². The number of hydrogen-bond donors (Lipinski definition) is 2. The summed E-state index contributed by atoms with van der Waals surface area (Å²) in [5, 5.41) is 0. The lowest BCUT2D eigenvalue weighted by Gasteiger charge is -2.00. The van der Waals surface area contributed by atoms with Crippen molar-refractivity contribution in [1.82, 2.24) is 4.57 Å². The molecule has 104 valence electrons. The number of unbranched alkanes of at least 4 members (excludes halogenated alkanes) is 6. The summed E-state index contributed by atoms with van der Waals surface area (Å²) in [6.07, 6.45) is 15.7. The molecule has 0 aliphatic carbocycles. The lowest BCUT2D eigenvalue weighted by molar-refractivity contribution is -0.696. The van der Waals surface area contributed by atoms with E-state index >= 15 is 0 Å². The van der Waals surface area contributed by atoms with Crippen molar-refractivity contribution >= 4 is 12.6 Å². The molecule has 0 bridgehead atoms. The average Bonchev–Trinajstić information content (AvgIpc) is 2.81. The maximum absolute atomic E-state index is 5.47. The van der Waals surface area contributed by atoms with Crippen LogP contribution in [0.15, 0.2) is 18.7 Å². The Labute approximate surface area is 117 Å². The van der Waals surface area contributed by atoms with Gasteiger partial charge >= 0.3 is 0 Å². The van der Waals surface area contributed by atoms with E-state index in [0.717, 1.165) is 25.4 Å². The monoisotopic (exact) mass is 270 g/mol.